The van der Waals surface area contributed by atoms with E-state index in [0.29, 0.717) is 10.8 Å². The van der Waals surface area contributed by atoms with Gasteiger partial charge in [-0.05, 0) is 47.2 Å². The van der Waals surface area contributed by atoms with Gasteiger partial charge in [-0.15, -0.1) is 0 Å². The van der Waals surface area contributed by atoms with Crippen molar-refractivity contribution in [1.82, 2.24) is 0 Å². The Hall–Kier alpha value is -1.91. The van der Waals surface area contributed by atoms with E-state index in [4.69, 9.17) is 4.42 Å². The number of hydrogen-bond donors (Lipinski definition) is 0. The molecule has 0 spiro atoms. The molecular formula is C19H8Br2O2. The van der Waals surface area contributed by atoms with E-state index >= 15 is 0 Å². The van der Waals surface area contributed by atoms with Gasteiger partial charge in [-0.1, -0.05) is 44.0 Å². The number of hydrogen-bond acceptors (Lipinski definition) is 2. The van der Waals surface area contributed by atoms with Gasteiger partial charge in [0, 0.05) is 30.5 Å². The third-order valence-corrected chi connectivity index (χ3v) is 5.33. The van der Waals surface area contributed by atoms with Gasteiger partial charge in [0.05, 0.1) is 0 Å². The molecule has 0 unspecified atom stereocenters. The summed E-state index contributed by atoms with van der Waals surface area (Å²) in [5.74, 6) is 0. The zero-order valence-electron chi connectivity index (χ0n) is 11.7. The largest absolute Gasteiger partial charge is 0.456 e. The van der Waals surface area contributed by atoms with Crippen LogP contribution in [0.15, 0.2) is 66.7 Å². The summed E-state index contributed by atoms with van der Waals surface area (Å²) >= 11 is 6.95. The van der Waals surface area contributed by atoms with Gasteiger partial charge in [0.25, 0.3) is 0 Å². The summed E-state index contributed by atoms with van der Waals surface area (Å²) in [4.78, 5) is 13.1. The van der Waals surface area contributed by atoms with Crippen LogP contribution in [0.25, 0.3) is 43.5 Å². The van der Waals surface area contributed by atoms with Gasteiger partial charge in [0.1, 0.15) is 11.2 Å². The highest BCUT2D eigenvalue weighted by atomic mass is 79.9. The second-order valence-electron chi connectivity index (χ2n) is 5.62. The Morgan fingerprint density at radius 3 is 1.61 bits per heavy atom. The first-order valence-electron chi connectivity index (χ1n) is 7.13. The summed E-state index contributed by atoms with van der Waals surface area (Å²) in [5, 5.41) is 5.27. The van der Waals surface area contributed by atoms with Crippen LogP contribution in [0.2, 0.25) is 0 Å². The van der Waals surface area contributed by atoms with Gasteiger partial charge in [-0.25, -0.2) is 0 Å². The second kappa shape index (κ2) is 4.56. The molecule has 0 N–H and O–H groups in total. The first kappa shape index (κ1) is 13.5. The Labute approximate surface area is 147 Å². The minimum absolute atomic E-state index is 0.0348. The van der Waals surface area contributed by atoms with E-state index in [0.717, 1.165) is 41.7 Å². The zero-order valence-corrected chi connectivity index (χ0v) is 14.9. The lowest BCUT2D eigenvalue weighted by molar-refractivity contribution is 0.679. The summed E-state index contributed by atoms with van der Waals surface area (Å²) < 4.78 is 7.68. The Morgan fingerprint density at radius 1 is 0.652 bits per heavy atom. The maximum Gasteiger partial charge on any atom is 0.194 e. The molecule has 0 aliphatic heterocycles. The molecule has 3 aromatic carbocycles. The normalized spacial score (nSPS) is 12.1. The SMILES string of the molecule is O=c1c2cc(Br)ccc2c2c3ccc(o3)c2c2ccc(Br)cc12. The van der Waals surface area contributed by atoms with Crippen LogP contribution >= 0.6 is 31.9 Å². The lowest BCUT2D eigenvalue weighted by atomic mass is 10.1. The van der Waals surface area contributed by atoms with Crippen LogP contribution in [0.3, 0.4) is 0 Å². The van der Waals surface area contributed by atoms with E-state index in [1.165, 1.54) is 0 Å². The lowest BCUT2D eigenvalue weighted by Crippen LogP contribution is -1.98. The van der Waals surface area contributed by atoms with Gasteiger partial charge in [-0.2, -0.15) is 0 Å². The average molecular weight is 428 g/mol. The third-order valence-electron chi connectivity index (χ3n) is 4.34. The number of benzene rings is 3. The highest BCUT2D eigenvalue weighted by Crippen LogP contribution is 2.39. The van der Waals surface area contributed by atoms with Crippen molar-refractivity contribution in [2.75, 3.05) is 0 Å². The van der Waals surface area contributed by atoms with Crippen molar-refractivity contribution in [3.05, 3.63) is 67.7 Å². The molecule has 0 saturated carbocycles. The van der Waals surface area contributed by atoms with Crippen LogP contribution in [0.4, 0.5) is 0 Å². The summed E-state index contributed by atoms with van der Waals surface area (Å²) in [6, 6.07) is 15.6. The molecule has 5 rings (SSSR count). The molecule has 2 heterocycles. The summed E-state index contributed by atoms with van der Waals surface area (Å²) in [6.45, 7) is 0. The van der Waals surface area contributed by atoms with Gasteiger partial charge in [0.15, 0.2) is 5.43 Å². The Balaban J connectivity index is 2.29. The summed E-state index contributed by atoms with van der Waals surface area (Å²) in [5.41, 5.74) is 1.68. The van der Waals surface area contributed by atoms with E-state index in [9.17, 15) is 4.79 Å². The summed E-state index contributed by atoms with van der Waals surface area (Å²) in [6.07, 6.45) is 0. The molecule has 0 amide bonds. The van der Waals surface area contributed by atoms with E-state index in [2.05, 4.69) is 31.9 Å². The van der Waals surface area contributed by atoms with Crippen molar-refractivity contribution in [2.45, 2.75) is 0 Å². The number of furan rings is 2. The van der Waals surface area contributed by atoms with E-state index in [-0.39, 0.29) is 5.43 Å². The van der Waals surface area contributed by atoms with Gasteiger partial charge in [-0.3, -0.25) is 4.79 Å². The van der Waals surface area contributed by atoms with Crippen LogP contribution in [0, 0.1) is 0 Å². The Bertz CT molecular complexity index is 1200. The molecule has 0 saturated heterocycles. The maximum atomic E-state index is 13.1. The van der Waals surface area contributed by atoms with Crippen LogP contribution in [-0.4, -0.2) is 0 Å². The zero-order chi connectivity index (χ0) is 15.7. The molecule has 0 radical (unpaired) electrons. The van der Waals surface area contributed by atoms with Gasteiger partial charge < -0.3 is 4.42 Å². The minimum Gasteiger partial charge on any atom is -0.456 e. The minimum atomic E-state index is 0.0348. The van der Waals surface area contributed by atoms with Crippen LogP contribution < -0.4 is 5.43 Å². The Morgan fingerprint density at radius 2 is 1.13 bits per heavy atom. The fourth-order valence-electron chi connectivity index (χ4n) is 3.38. The maximum absolute atomic E-state index is 13.1. The van der Waals surface area contributed by atoms with Gasteiger partial charge >= 0.3 is 0 Å². The van der Waals surface area contributed by atoms with E-state index < -0.39 is 0 Å². The van der Waals surface area contributed by atoms with E-state index in [1.807, 2.05) is 48.5 Å². The standard InChI is InChI=1S/C19H8Br2O2/c20-9-1-3-11-13(7-9)19(22)14-8-10(21)2-4-12(14)18-16-6-5-15(23-16)17(11)18/h1-8H. The predicted octanol–water partition coefficient (Wildman–Crippen LogP) is 6.22. The average Bonchev–Trinajstić information content (AvgIpc) is 3.13. The second-order valence-corrected chi connectivity index (χ2v) is 7.45. The number of rotatable bonds is 0. The number of fused-ring (bicyclic) bond motifs is 9. The van der Waals surface area contributed by atoms with Crippen LogP contribution in [0.1, 0.15) is 0 Å². The quantitative estimate of drug-likeness (QED) is 0.294. The highest BCUT2D eigenvalue weighted by molar-refractivity contribution is 9.10. The van der Waals surface area contributed by atoms with Gasteiger partial charge in [0.2, 0.25) is 0 Å². The molecule has 5 aromatic rings. The molecule has 4 heteroatoms. The van der Waals surface area contributed by atoms with Crippen LogP contribution in [0.5, 0.6) is 0 Å². The van der Waals surface area contributed by atoms with Crippen molar-refractivity contribution in [2.24, 2.45) is 0 Å². The molecular weight excluding hydrogens is 420 g/mol. The topological polar surface area (TPSA) is 30.2 Å². The molecule has 0 aliphatic rings. The molecule has 2 nitrogen and oxygen atoms in total. The predicted molar refractivity (Wildman–Crippen MR) is 102 cm³/mol. The monoisotopic (exact) mass is 426 g/mol. The Kier molecular flexibility index (Phi) is 2.68. The summed E-state index contributed by atoms with van der Waals surface area (Å²) in [7, 11) is 0. The molecule has 0 atom stereocenters. The van der Waals surface area contributed by atoms with Crippen LogP contribution in [-0.2, 0) is 0 Å². The molecule has 23 heavy (non-hydrogen) atoms. The first-order valence-corrected chi connectivity index (χ1v) is 8.71. The smallest absolute Gasteiger partial charge is 0.194 e. The first-order chi connectivity index (χ1) is 11.1. The van der Waals surface area contributed by atoms with Crippen molar-refractivity contribution in [3.63, 3.8) is 0 Å². The van der Waals surface area contributed by atoms with Crippen molar-refractivity contribution in [1.29, 1.82) is 0 Å². The number of halogens is 2. The van der Waals surface area contributed by atoms with Crippen molar-refractivity contribution >= 4 is 75.3 Å². The fourth-order valence-corrected chi connectivity index (χ4v) is 4.10. The molecule has 0 fully saturated rings. The molecule has 2 aromatic heterocycles. The molecule has 2 bridgehead atoms. The highest BCUT2D eigenvalue weighted by Gasteiger charge is 2.17. The molecule has 110 valence electrons. The third kappa shape index (κ3) is 1.76. The van der Waals surface area contributed by atoms with Crippen molar-refractivity contribution in [3.8, 4) is 0 Å². The fraction of sp³-hybridized carbons (Fsp3) is 0. The van der Waals surface area contributed by atoms with E-state index in [1.54, 1.807) is 0 Å². The molecule has 0 aliphatic carbocycles. The van der Waals surface area contributed by atoms with Crippen molar-refractivity contribution < 1.29 is 4.42 Å². The lowest BCUT2D eigenvalue weighted by Gasteiger charge is -1.96.